The third kappa shape index (κ3) is 3.25. The maximum absolute atomic E-state index is 12.1. The number of thiophene rings is 1. The van der Waals surface area contributed by atoms with Gasteiger partial charge in [-0.05, 0) is 30.0 Å². The Balaban J connectivity index is 1.69. The molecular formula is C16H14N2OS2. The number of thiol groups is 1. The predicted molar refractivity (Wildman–Crippen MR) is 89.4 cm³/mol. The van der Waals surface area contributed by atoms with Crippen molar-refractivity contribution in [3.05, 3.63) is 58.4 Å². The van der Waals surface area contributed by atoms with Gasteiger partial charge in [0.05, 0.1) is 11.1 Å². The minimum absolute atomic E-state index is 0.0921. The van der Waals surface area contributed by atoms with E-state index < -0.39 is 0 Å². The Kier molecular flexibility index (Phi) is 4.22. The van der Waals surface area contributed by atoms with Crippen molar-refractivity contribution in [3.8, 4) is 0 Å². The average molecular weight is 314 g/mol. The first-order valence-corrected chi connectivity index (χ1v) is 7.95. The number of carbonyl (C=O) groups excluding carboxylic acids is 1. The van der Waals surface area contributed by atoms with E-state index in [4.69, 9.17) is 0 Å². The molecule has 0 unspecified atom stereocenters. The first-order chi connectivity index (χ1) is 10.2. The number of pyridine rings is 1. The molecule has 0 spiro atoms. The van der Waals surface area contributed by atoms with Crippen LogP contribution in [0.5, 0.6) is 0 Å². The Bertz CT molecular complexity index is 769. The standard InChI is InChI=1S/C16H14N2OS2/c19-16(17-7-6-13-4-2-8-21-13)12-9-11-3-1-5-14(20)15(11)18-10-12/h1-5,8-10,20H,6-7H2,(H,17,19). The number of rotatable bonds is 4. The van der Waals surface area contributed by atoms with E-state index in [2.05, 4.69) is 29.0 Å². The summed E-state index contributed by atoms with van der Waals surface area (Å²) in [6.45, 7) is 0.629. The molecule has 106 valence electrons. The molecule has 3 aromatic rings. The van der Waals surface area contributed by atoms with Gasteiger partial charge in [-0.15, -0.1) is 24.0 Å². The summed E-state index contributed by atoms with van der Waals surface area (Å²) >= 11 is 6.07. The van der Waals surface area contributed by atoms with Crippen molar-refractivity contribution < 1.29 is 4.79 Å². The van der Waals surface area contributed by atoms with Gasteiger partial charge in [-0.1, -0.05) is 18.2 Å². The molecule has 0 aliphatic rings. The van der Waals surface area contributed by atoms with Gasteiger partial charge in [0.15, 0.2) is 0 Å². The highest BCUT2D eigenvalue weighted by Crippen LogP contribution is 2.20. The molecule has 0 fully saturated rings. The van der Waals surface area contributed by atoms with E-state index in [0.29, 0.717) is 12.1 Å². The molecule has 2 aromatic heterocycles. The molecule has 0 bridgehead atoms. The number of fused-ring (bicyclic) bond motifs is 1. The van der Waals surface area contributed by atoms with Crippen molar-refractivity contribution in [3.63, 3.8) is 0 Å². The molecule has 0 aliphatic carbocycles. The summed E-state index contributed by atoms with van der Waals surface area (Å²) in [4.78, 5) is 18.5. The second kappa shape index (κ2) is 6.28. The first kappa shape index (κ1) is 14.1. The normalized spacial score (nSPS) is 10.7. The van der Waals surface area contributed by atoms with Gasteiger partial charge in [-0.3, -0.25) is 9.78 Å². The van der Waals surface area contributed by atoms with E-state index in [9.17, 15) is 4.79 Å². The van der Waals surface area contributed by atoms with Crippen LogP contribution in [-0.2, 0) is 6.42 Å². The zero-order chi connectivity index (χ0) is 14.7. The van der Waals surface area contributed by atoms with Crippen molar-refractivity contribution in [1.29, 1.82) is 0 Å². The summed E-state index contributed by atoms with van der Waals surface area (Å²) in [6, 6.07) is 11.7. The van der Waals surface area contributed by atoms with Gasteiger partial charge >= 0.3 is 0 Å². The van der Waals surface area contributed by atoms with Crippen molar-refractivity contribution in [2.45, 2.75) is 11.3 Å². The Hall–Kier alpha value is -1.85. The largest absolute Gasteiger partial charge is 0.352 e. The Morgan fingerprint density at radius 2 is 2.19 bits per heavy atom. The van der Waals surface area contributed by atoms with E-state index >= 15 is 0 Å². The number of nitrogens with zero attached hydrogens (tertiary/aromatic N) is 1. The second-order valence-corrected chi connectivity index (χ2v) is 6.17. The zero-order valence-electron chi connectivity index (χ0n) is 11.2. The molecule has 0 atom stereocenters. The Morgan fingerprint density at radius 3 is 3.00 bits per heavy atom. The lowest BCUT2D eigenvalue weighted by Crippen LogP contribution is -2.25. The van der Waals surface area contributed by atoms with Crippen molar-refractivity contribution >= 4 is 40.8 Å². The van der Waals surface area contributed by atoms with Crippen LogP contribution < -0.4 is 5.32 Å². The summed E-state index contributed by atoms with van der Waals surface area (Å²) in [7, 11) is 0. The maximum Gasteiger partial charge on any atom is 0.252 e. The fourth-order valence-corrected chi connectivity index (χ4v) is 3.11. The van der Waals surface area contributed by atoms with Crippen molar-refractivity contribution in [1.82, 2.24) is 10.3 Å². The summed E-state index contributed by atoms with van der Waals surface area (Å²) in [5, 5.41) is 5.89. The summed E-state index contributed by atoms with van der Waals surface area (Å²) in [5.41, 5.74) is 1.39. The van der Waals surface area contributed by atoms with Crippen LogP contribution >= 0.6 is 24.0 Å². The molecule has 1 N–H and O–H groups in total. The number of hydrogen-bond acceptors (Lipinski definition) is 4. The lowest BCUT2D eigenvalue weighted by Gasteiger charge is -2.06. The van der Waals surface area contributed by atoms with Crippen LogP contribution in [0.15, 0.2) is 52.9 Å². The van der Waals surface area contributed by atoms with Crippen LogP contribution in [0.25, 0.3) is 10.9 Å². The lowest BCUT2D eigenvalue weighted by molar-refractivity contribution is 0.0954. The van der Waals surface area contributed by atoms with Crippen LogP contribution in [0.3, 0.4) is 0 Å². The molecule has 1 aromatic carbocycles. The molecule has 1 amide bonds. The smallest absolute Gasteiger partial charge is 0.252 e. The molecule has 0 radical (unpaired) electrons. The summed E-state index contributed by atoms with van der Waals surface area (Å²) in [5.74, 6) is -0.0921. The number of aromatic nitrogens is 1. The Morgan fingerprint density at radius 1 is 1.29 bits per heavy atom. The van der Waals surface area contributed by atoms with Gasteiger partial charge in [0.1, 0.15) is 0 Å². The topological polar surface area (TPSA) is 42.0 Å². The van der Waals surface area contributed by atoms with Crippen LogP contribution in [-0.4, -0.2) is 17.4 Å². The number of nitrogens with one attached hydrogen (secondary N) is 1. The van der Waals surface area contributed by atoms with Gasteiger partial charge in [0.2, 0.25) is 0 Å². The van der Waals surface area contributed by atoms with Gasteiger partial charge in [0.25, 0.3) is 5.91 Å². The second-order valence-electron chi connectivity index (χ2n) is 4.66. The SMILES string of the molecule is O=C(NCCc1cccs1)c1cnc2c(S)cccc2c1. The first-order valence-electron chi connectivity index (χ1n) is 6.62. The molecule has 0 saturated heterocycles. The number of hydrogen-bond donors (Lipinski definition) is 2. The predicted octanol–water partition coefficient (Wildman–Crippen LogP) is 3.56. The number of para-hydroxylation sites is 1. The van der Waals surface area contributed by atoms with E-state index in [-0.39, 0.29) is 5.91 Å². The molecule has 2 heterocycles. The van der Waals surface area contributed by atoms with Crippen molar-refractivity contribution in [2.24, 2.45) is 0 Å². The van der Waals surface area contributed by atoms with E-state index in [0.717, 1.165) is 22.2 Å². The molecule has 0 saturated carbocycles. The van der Waals surface area contributed by atoms with Crippen LogP contribution in [0, 0.1) is 0 Å². The monoisotopic (exact) mass is 314 g/mol. The number of amides is 1. The van der Waals surface area contributed by atoms with E-state index in [1.54, 1.807) is 17.5 Å². The number of carbonyl (C=O) groups is 1. The number of benzene rings is 1. The zero-order valence-corrected chi connectivity index (χ0v) is 13.0. The van der Waals surface area contributed by atoms with E-state index in [1.807, 2.05) is 35.7 Å². The van der Waals surface area contributed by atoms with Gasteiger partial charge in [-0.25, -0.2) is 0 Å². The molecule has 3 nitrogen and oxygen atoms in total. The minimum Gasteiger partial charge on any atom is -0.352 e. The molecular weight excluding hydrogens is 300 g/mol. The summed E-state index contributed by atoms with van der Waals surface area (Å²) in [6.07, 6.45) is 2.45. The third-order valence-corrected chi connectivity index (χ3v) is 4.49. The highest BCUT2D eigenvalue weighted by atomic mass is 32.1. The highest BCUT2D eigenvalue weighted by Gasteiger charge is 2.08. The van der Waals surface area contributed by atoms with Gasteiger partial charge < -0.3 is 5.32 Å². The van der Waals surface area contributed by atoms with Crippen LogP contribution in [0.2, 0.25) is 0 Å². The molecule has 0 aliphatic heterocycles. The van der Waals surface area contributed by atoms with Gasteiger partial charge in [0, 0.05) is 27.9 Å². The van der Waals surface area contributed by atoms with E-state index in [1.165, 1.54) is 4.88 Å². The molecule has 21 heavy (non-hydrogen) atoms. The average Bonchev–Trinajstić information content (AvgIpc) is 3.00. The van der Waals surface area contributed by atoms with Crippen LogP contribution in [0.1, 0.15) is 15.2 Å². The maximum atomic E-state index is 12.1. The highest BCUT2D eigenvalue weighted by molar-refractivity contribution is 7.80. The molecule has 3 rings (SSSR count). The van der Waals surface area contributed by atoms with Crippen LogP contribution in [0.4, 0.5) is 0 Å². The van der Waals surface area contributed by atoms with Gasteiger partial charge in [-0.2, -0.15) is 0 Å². The fraction of sp³-hybridized carbons (Fsp3) is 0.125. The van der Waals surface area contributed by atoms with Crippen molar-refractivity contribution in [2.75, 3.05) is 6.54 Å². The lowest BCUT2D eigenvalue weighted by atomic mass is 10.1. The third-order valence-electron chi connectivity index (χ3n) is 3.19. The quantitative estimate of drug-likeness (QED) is 0.723. The fourth-order valence-electron chi connectivity index (χ4n) is 2.13. The molecule has 5 heteroatoms. The summed E-state index contributed by atoms with van der Waals surface area (Å²) < 4.78 is 0. The minimum atomic E-state index is -0.0921. The Labute approximate surface area is 132 Å².